The van der Waals surface area contributed by atoms with Crippen molar-refractivity contribution < 1.29 is 9.52 Å². The molecule has 19 heavy (non-hydrogen) atoms. The van der Waals surface area contributed by atoms with Crippen molar-refractivity contribution in [2.24, 2.45) is 16.8 Å². The summed E-state index contributed by atoms with van der Waals surface area (Å²) < 4.78 is 5.24. The van der Waals surface area contributed by atoms with Crippen LogP contribution in [0.4, 0.5) is 0 Å². The first-order valence-corrected chi connectivity index (χ1v) is 6.74. The summed E-state index contributed by atoms with van der Waals surface area (Å²) in [4.78, 5) is 4.15. The summed E-state index contributed by atoms with van der Waals surface area (Å²) in [7, 11) is 1.73. The zero-order valence-electron chi connectivity index (χ0n) is 11.8. The first-order chi connectivity index (χ1) is 9.03. The SMILES string of the molecule is CN=C(NCC1CC1C)NCC(C)(O)c1ccco1. The topological polar surface area (TPSA) is 69.8 Å². The van der Waals surface area contributed by atoms with Gasteiger partial charge in [0.1, 0.15) is 11.4 Å². The minimum absolute atomic E-state index is 0.348. The summed E-state index contributed by atoms with van der Waals surface area (Å²) in [6, 6.07) is 3.54. The van der Waals surface area contributed by atoms with Gasteiger partial charge in [-0.25, -0.2) is 0 Å². The minimum Gasteiger partial charge on any atom is -0.466 e. The first-order valence-electron chi connectivity index (χ1n) is 6.74. The van der Waals surface area contributed by atoms with Gasteiger partial charge in [-0.2, -0.15) is 0 Å². The molecule has 3 unspecified atom stereocenters. The van der Waals surface area contributed by atoms with E-state index < -0.39 is 5.60 Å². The Kier molecular flexibility index (Phi) is 4.14. The largest absolute Gasteiger partial charge is 0.466 e. The Morgan fingerprint density at radius 3 is 2.84 bits per heavy atom. The van der Waals surface area contributed by atoms with E-state index in [4.69, 9.17) is 4.42 Å². The van der Waals surface area contributed by atoms with E-state index in [1.165, 1.54) is 6.42 Å². The average Bonchev–Trinajstić information content (AvgIpc) is 2.86. The number of nitrogens with zero attached hydrogens (tertiary/aromatic N) is 1. The van der Waals surface area contributed by atoms with Gasteiger partial charge in [0.25, 0.3) is 0 Å². The predicted octanol–water partition coefficient (Wildman–Crippen LogP) is 1.31. The van der Waals surface area contributed by atoms with Gasteiger partial charge in [0.05, 0.1) is 12.8 Å². The molecule has 5 heteroatoms. The van der Waals surface area contributed by atoms with Crippen LogP contribution in [0.25, 0.3) is 0 Å². The van der Waals surface area contributed by atoms with Crippen molar-refractivity contribution in [3.63, 3.8) is 0 Å². The third-order valence-electron chi connectivity index (χ3n) is 3.68. The Morgan fingerprint density at radius 1 is 1.58 bits per heavy atom. The molecule has 3 atom stereocenters. The van der Waals surface area contributed by atoms with Gasteiger partial charge in [0.2, 0.25) is 0 Å². The molecule has 106 valence electrons. The molecule has 2 rings (SSSR count). The second kappa shape index (κ2) is 5.65. The number of rotatable bonds is 5. The van der Waals surface area contributed by atoms with Gasteiger partial charge in [-0.1, -0.05) is 6.92 Å². The van der Waals surface area contributed by atoms with E-state index >= 15 is 0 Å². The average molecular weight is 265 g/mol. The summed E-state index contributed by atoms with van der Waals surface area (Å²) in [5.74, 6) is 2.83. The Hall–Kier alpha value is -1.49. The highest BCUT2D eigenvalue weighted by Gasteiger charge is 2.32. The third kappa shape index (κ3) is 3.73. The lowest BCUT2D eigenvalue weighted by molar-refractivity contribution is 0.0386. The van der Waals surface area contributed by atoms with Crippen LogP contribution >= 0.6 is 0 Å². The van der Waals surface area contributed by atoms with Crippen LogP contribution in [0.3, 0.4) is 0 Å². The van der Waals surface area contributed by atoms with E-state index in [9.17, 15) is 5.11 Å². The molecule has 1 fully saturated rings. The molecule has 1 saturated carbocycles. The lowest BCUT2D eigenvalue weighted by Gasteiger charge is -2.22. The van der Waals surface area contributed by atoms with E-state index in [-0.39, 0.29) is 0 Å². The molecule has 3 N–H and O–H groups in total. The zero-order valence-corrected chi connectivity index (χ0v) is 11.8. The fourth-order valence-electron chi connectivity index (χ4n) is 2.06. The number of nitrogens with one attached hydrogen (secondary N) is 2. The Bertz CT molecular complexity index is 426. The van der Waals surface area contributed by atoms with Crippen LogP contribution in [0.5, 0.6) is 0 Å². The van der Waals surface area contributed by atoms with Crippen molar-refractivity contribution >= 4 is 5.96 Å². The Labute approximate surface area is 114 Å². The van der Waals surface area contributed by atoms with Crippen molar-refractivity contribution in [3.8, 4) is 0 Å². The lowest BCUT2D eigenvalue weighted by Crippen LogP contribution is -2.45. The summed E-state index contributed by atoms with van der Waals surface area (Å²) in [5, 5.41) is 16.7. The van der Waals surface area contributed by atoms with Crippen molar-refractivity contribution in [1.82, 2.24) is 10.6 Å². The van der Waals surface area contributed by atoms with Crippen LogP contribution in [0.2, 0.25) is 0 Å². The molecule has 0 radical (unpaired) electrons. The fraction of sp³-hybridized carbons (Fsp3) is 0.643. The number of aliphatic imine (C=N–C) groups is 1. The third-order valence-corrected chi connectivity index (χ3v) is 3.68. The number of guanidine groups is 1. The highest BCUT2D eigenvalue weighted by atomic mass is 16.4. The van der Waals surface area contributed by atoms with Crippen LogP contribution in [-0.4, -0.2) is 31.2 Å². The smallest absolute Gasteiger partial charge is 0.191 e. The van der Waals surface area contributed by atoms with Gasteiger partial charge in [0, 0.05) is 13.6 Å². The zero-order chi connectivity index (χ0) is 13.9. The number of furan rings is 1. The highest BCUT2D eigenvalue weighted by molar-refractivity contribution is 5.79. The number of hydrogen-bond donors (Lipinski definition) is 3. The highest BCUT2D eigenvalue weighted by Crippen LogP contribution is 2.36. The Balaban J connectivity index is 1.79. The lowest BCUT2D eigenvalue weighted by atomic mass is 10.0. The molecule has 5 nitrogen and oxygen atoms in total. The fourth-order valence-corrected chi connectivity index (χ4v) is 2.06. The van der Waals surface area contributed by atoms with Crippen molar-refractivity contribution in [1.29, 1.82) is 0 Å². The van der Waals surface area contributed by atoms with Crippen molar-refractivity contribution in [2.45, 2.75) is 25.9 Å². The number of aliphatic hydroxyl groups is 1. The normalized spacial score (nSPS) is 25.8. The molecule has 1 aromatic heterocycles. The first kappa shape index (κ1) is 13.9. The molecule has 0 aromatic carbocycles. The van der Waals surface area contributed by atoms with Crippen LogP contribution in [-0.2, 0) is 5.60 Å². The maximum absolute atomic E-state index is 10.3. The summed E-state index contributed by atoms with van der Waals surface area (Å²) >= 11 is 0. The van der Waals surface area contributed by atoms with Gasteiger partial charge in [-0.3, -0.25) is 4.99 Å². The van der Waals surface area contributed by atoms with E-state index in [1.54, 1.807) is 32.4 Å². The van der Waals surface area contributed by atoms with E-state index in [2.05, 4.69) is 22.5 Å². The number of hydrogen-bond acceptors (Lipinski definition) is 3. The monoisotopic (exact) mass is 265 g/mol. The molecule has 1 aliphatic rings. The summed E-state index contributed by atoms with van der Waals surface area (Å²) in [6.07, 6.45) is 2.85. The van der Waals surface area contributed by atoms with Gasteiger partial charge in [-0.15, -0.1) is 0 Å². The molecule has 0 aliphatic heterocycles. The Morgan fingerprint density at radius 2 is 2.32 bits per heavy atom. The van der Waals surface area contributed by atoms with Crippen molar-refractivity contribution in [2.75, 3.05) is 20.1 Å². The molecular formula is C14H23N3O2. The van der Waals surface area contributed by atoms with Crippen molar-refractivity contribution in [3.05, 3.63) is 24.2 Å². The van der Waals surface area contributed by atoms with Crippen LogP contribution in [0.1, 0.15) is 26.0 Å². The molecule has 1 aromatic rings. The molecule has 0 amide bonds. The standard InChI is InChI=1S/C14H23N3O2/c1-10-7-11(10)8-16-13(15-3)17-9-14(2,18)12-5-4-6-19-12/h4-6,10-11,18H,7-9H2,1-3H3,(H2,15,16,17). The maximum Gasteiger partial charge on any atom is 0.191 e. The molecule has 0 bridgehead atoms. The molecule has 0 saturated heterocycles. The second-order valence-corrected chi connectivity index (χ2v) is 5.53. The quantitative estimate of drug-likeness (QED) is 0.554. The van der Waals surface area contributed by atoms with Crippen LogP contribution < -0.4 is 10.6 Å². The maximum atomic E-state index is 10.3. The van der Waals surface area contributed by atoms with Gasteiger partial charge < -0.3 is 20.2 Å². The van der Waals surface area contributed by atoms with Crippen LogP contribution in [0.15, 0.2) is 27.8 Å². The molecule has 0 spiro atoms. The van der Waals surface area contributed by atoms with E-state index in [1.807, 2.05) is 0 Å². The molecular weight excluding hydrogens is 242 g/mol. The minimum atomic E-state index is -1.05. The van der Waals surface area contributed by atoms with E-state index in [0.29, 0.717) is 18.3 Å². The van der Waals surface area contributed by atoms with Gasteiger partial charge in [-0.05, 0) is 37.3 Å². The summed E-state index contributed by atoms with van der Waals surface area (Å²) in [6.45, 7) is 5.25. The predicted molar refractivity (Wildman–Crippen MR) is 74.9 cm³/mol. The van der Waals surface area contributed by atoms with E-state index in [0.717, 1.165) is 18.4 Å². The second-order valence-electron chi connectivity index (χ2n) is 5.53. The molecule has 1 heterocycles. The van der Waals surface area contributed by atoms with Gasteiger partial charge in [0.15, 0.2) is 5.96 Å². The van der Waals surface area contributed by atoms with Gasteiger partial charge >= 0.3 is 0 Å². The summed E-state index contributed by atoms with van der Waals surface area (Å²) in [5.41, 5.74) is -1.05. The molecule has 1 aliphatic carbocycles. The van der Waals surface area contributed by atoms with Crippen LogP contribution in [0, 0.1) is 11.8 Å².